The molecule has 0 spiro atoms. The van der Waals surface area contributed by atoms with Crippen molar-refractivity contribution < 1.29 is 19.1 Å². The molecule has 4 N–H and O–H groups in total. The molecule has 3 amide bonds. The van der Waals surface area contributed by atoms with Crippen molar-refractivity contribution in [3.8, 4) is 5.69 Å². The zero-order chi connectivity index (χ0) is 19.0. The van der Waals surface area contributed by atoms with Gasteiger partial charge in [-0.2, -0.15) is 0 Å². The number of nitrogens with two attached hydrogens (primary N) is 1. The summed E-state index contributed by atoms with van der Waals surface area (Å²) in [7, 11) is 1.42. The van der Waals surface area contributed by atoms with Gasteiger partial charge >= 0.3 is 0 Å². The predicted molar refractivity (Wildman–Crippen MR) is 93.5 cm³/mol. The monoisotopic (exact) mass is 356 g/mol. The van der Waals surface area contributed by atoms with Crippen molar-refractivity contribution in [2.24, 2.45) is 0 Å². The lowest BCUT2D eigenvalue weighted by Gasteiger charge is -2.14. The number of hydrogen-bond donors (Lipinski definition) is 3. The van der Waals surface area contributed by atoms with E-state index in [0.717, 1.165) is 10.6 Å². The van der Waals surface area contributed by atoms with E-state index in [1.807, 2.05) is 0 Å². The molecule has 0 bridgehead atoms. The van der Waals surface area contributed by atoms with E-state index in [1.54, 1.807) is 25.1 Å². The van der Waals surface area contributed by atoms with E-state index in [2.05, 4.69) is 10.6 Å². The van der Waals surface area contributed by atoms with E-state index >= 15 is 0 Å². The maximum absolute atomic E-state index is 12.4. The second-order valence-corrected chi connectivity index (χ2v) is 5.76. The van der Waals surface area contributed by atoms with Gasteiger partial charge in [-0.1, -0.05) is 0 Å². The molecule has 3 rings (SSSR count). The SMILES string of the molecule is COCC(=O)Nc1ccc(-n2c(N)c3c(cc2=O)C(=O)NC3=O)cc1C. The Labute approximate surface area is 147 Å². The normalized spacial score (nSPS) is 12.7. The number of rotatable bonds is 4. The average molecular weight is 356 g/mol. The zero-order valence-corrected chi connectivity index (χ0v) is 14.1. The predicted octanol–water partition coefficient (Wildman–Crippen LogP) is 0.197. The van der Waals surface area contributed by atoms with Crippen molar-refractivity contribution >= 4 is 29.2 Å². The van der Waals surface area contributed by atoms with Gasteiger partial charge in [0.2, 0.25) is 5.91 Å². The third kappa shape index (κ3) is 2.84. The summed E-state index contributed by atoms with van der Waals surface area (Å²) >= 11 is 0. The quantitative estimate of drug-likeness (QED) is 0.670. The number of ether oxygens (including phenoxy) is 1. The highest BCUT2D eigenvalue weighted by Gasteiger charge is 2.31. The van der Waals surface area contributed by atoms with Crippen LogP contribution < -0.4 is 21.9 Å². The number of imide groups is 1. The fourth-order valence-corrected chi connectivity index (χ4v) is 2.79. The highest BCUT2D eigenvalue weighted by Crippen LogP contribution is 2.25. The van der Waals surface area contributed by atoms with E-state index in [-0.39, 0.29) is 29.5 Å². The molecule has 1 aliphatic heterocycles. The van der Waals surface area contributed by atoms with Gasteiger partial charge in [-0.3, -0.25) is 29.1 Å². The van der Waals surface area contributed by atoms with Crippen LogP contribution in [0.4, 0.5) is 11.5 Å². The maximum atomic E-state index is 12.4. The second-order valence-electron chi connectivity index (χ2n) is 5.76. The first-order valence-electron chi connectivity index (χ1n) is 7.64. The number of nitrogens with zero attached hydrogens (tertiary/aromatic N) is 1. The topological polar surface area (TPSA) is 133 Å². The fourth-order valence-electron chi connectivity index (χ4n) is 2.79. The first-order chi connectivity index (χ1) is 12.3. The number of fused-ring (bicyclic) bond motifs is 1. The molecule has 26 heavy (non-hydrogen) atoms. The molecule has 0 saturated carbocycles. The highest BCUT2D eigenvalue weighted by atomic mass is 16.5. The Morgan fingerprint density at radius 2 is 1.96 bits per heavy atom. The molecule has 1 aliphatic rings. The van der Waals surface area contributed by atoms with Crippen LogP contribution in [-0.4, -0.2) is 36.0 Å². The van der Waals surface area contributed by atoms with Crippen LogP contribution in [0.5, 0.6) is 0 Å². The fraction of sp³-hybridized carbons (Fsp3) is 0.176. The first-order valence-corrected chi connectivity index (χ1v) is 7.64. The van der Waals surface area contributed by atoms with Crippen LogP contribution in [0, 0.1) is 6.92 Å². The summed E-state index contributed by atoms with van der Waals surface area (Å²) in [5.74, 6) is -1.72. The third-order valence-corrected chi connectivity index (χ3v) is 3.97. The molecule has 9 heteroatoms. The zero-order valence-electron chi connectivity index (χ0n) is 14.1. The van der Waals surface area contributed by atoms with Crippen molar-refractivity contribution in [2.45, 2.75) is 6.92 Å². The van der Waals surface area contributed by atoms with Crippen molar-refractivity contribution in [1.29, 1.82) is 0 Å². The molecular formula is C17H16N4O5. The van der Waals surface area contributed by atoms with Gasteiger partial charge in [0, 0.05) is 18.9 Å². The van der Waals surface area contributed by atoms with E-state index in [4.69, 9.17) is 10.5 Å². The van der Waals surface area contributed by atoms with Crippen LogP contribution in [0.15, 0.2) is 29.1 Å². The number of benzene rings is 1. The summed E-state index contributed by atoms with van der Waals surface area (Å²) < 4.78 is 5.91. The Bertz CT molecular complexity index is 1010. The van der Waals surface area contributed by atoms with Crippen LogP contribution in [0.25, 0.3) is 5.69 Å². The van der Waals surface area contributed by atoms with Crippen LogP contribution in [0.2, 0.25) is 0 Å². The number of nitrogen functional groups attached to an aromatic ring is 1. The molecule has 1 aromatic heterocycles. The lowest BCUT2D eigenvalue weighted by Crippen LogP contribution is -2.24. The van der Waals surface area contributed by atoms with Gasteiger partial charge in [0.05, 0.1) is 16.8 Å². The number of pyridine rings is 1. The smallest absolute Gasteiger partial charge is 0.262 e. The summed E-state index contributed by atoms with van der Waals surface area (Å²) in [6.45, 7) is 1.66. The van der Waals surface area contributed by atoms with Crippen LogP contribution in [-0.2, 0) is 9.53 Å². The van der Waals surface area contributed by atoms with Crippen molar-refractivity contribution in [3.05, 3.63) is 51.3 Å². The first kappa shape index (κ1) is 17.4. The lowest BCUT2D eigenvalue weighted by atomic mass is 10.1. The summed E-state index contributed by atoms with van der Waals surface area (Å²) in [6, 6.07) is 5.91. The number of aromatic nitrogens is 1. The number of methoxy groups -OCH3 is 1. The van der Waals surface area contributed by atoms with E-state index in [0.29, 0.717) is 16.9 Å². The number of carbonyl (C=O) groups excluding carboxylic acids is 3. The number of hydrogen-bond acceptors (Lipinski definition) is 6. The molecule has 0 unspecified atom stereocenters. The number of carbonyl (C=O) groups is 3. The molecule has 0 saturated heterocycles. The molecular weight excluding hydrogens is 340 g/mol. The van der Waals surface area contributed by atoms with Crippen LogP contribution >= 0.6 is 0 Å². The molecule has 2 aromatic rings. The molecule has 9 nitrogen and oxygen atoms in total. The van der Waals surface area contributed by atoms with Crippen molar-refractivity contribution in [2.75, 3.05) is 24.8 Å². The van der Waals surface area contributed by atoms with Crippen LogP contribution in [0.1, 0.15) is 26.3 Å². The van der Waals surface area contributed by atoms with E-state index in [1.165, 1.54) is 7.11 Å². The minimum atomic E-state index is -0.645. The Kier molecular flexibility index (Phi) is 4.31. The summed E-state index contributed by atoms with van der Waals surface area (Å²) in [5.41, 5.74) is 7.03. The van der Waals surface area contributed by atoms with E-state index < -0.39 is 17.4 Å². The molecule has 2 heterocycles. The highest BCUT2D eigenvalue weighted by molar-refractivity contribution is 6.23. The molecule has 0 fully saturated rings. The average Bonchev–Trinajstić information content (AvgIpc) is 2.84. The number of amides is 3. The molecule has 0 aliphatic carbocycles. The van der Waals surface area contributed by atoms with Crippen molar-refractivity contribution in [1.82, 2.24) is 9.88 Å². The molecule has 0 atom stereocenters. The summed E-state index contributed by atoms with van der Waals surface area (Å²) in [5, 5.41) is 4.80. The van der Waals surface area contributed by atoms with Gasteiger partial charge in [-0.05, 0) is 30.7 Å². The van der Waals surface area contributed by atoms with Gasteiger partial charge in [-0.25, -0.2) is 0 Å². The van der Waals surface area contributed by atoms with Crippen LogP contribution in [0.3, 0.4) is 0 Å². The van der Waals surface area contributed by atoms with Gasteiger partial charge in [0.1, 0.15) is 12.4 Å². The minimum Gasteiger partial charge on any atom is -0.384 e. The van der Waals surface area contributed by atoms with Gasteiger partial charge < -0.3 is 15.8 Å². The van der Waals surface area contributed by atoms with Gasteiger partial charge in [-0.15, -0.1) is 0 Å². The van der Waals surface area contributed by atoms with Gasteiger partial charge in [0.25, 0.3) is 17.4 Å². The Hall–Kier alpha value is -3.46. The standard InChI is InChI=1S/C17H16N4O5/c1-8-5-9(3-4-11(8)19-12(22)7-26-2)21-13(23)6-10-14(15(21)18)17(25)20-16(10)24/h3-6H,7,18H2,1-2H3,(H,19,22)(H,20,24,25). The number of anilines is 2. The maximum Gasteiger partial charge on any atom is 0.262 e. The number of aryl methyl sites for hydroxylation is 1. The Morgan fingerprint density at radius 1 is 1.23 bits per heavy atom. The largest absolute Gasteiger partial charge is 0.384 e. The van der Waals surface area contributed by atoms with Gasteiger partial charge in [0.15, 0.2) is 0 Å². The summed E-state index contributed by atoms with van der Waals surface area (Å²) in [6.07, 6.45) is 0. The third-order valence-electron chi connectivity index (χ3n) is 3.97. The second kappa shape index (κ2) is 6.45. The Morgan fingerprint density at radius 3 is 2.62 bits per heavy atom. The minimum absolute atomic E-state index is 0.0234. The molecule has 134 valence electrons. The number of nitrogens with one attached hydrogen (secondary N) is 2. The molecule has 1 aromatic carbocycles. The molecule has 0 radical (unpaired) electrons. The van der Waals surface area contributed by atoms with Crippen molar-refractivity contribution in [3.63, 3.8) is 0 Å². The Balaban J connectivity index is 2.06. The summed E-state index contributed by atoms with van der Waals surface area (Å²) in [4.78, 5) is 47.7. The van der Waals surface area contributed by atoms with E-state index in [9.17, 15) is 19.2 Å². The lowest BCUT2D eigenvalue weighted by molar-refractivity contribution is -0.119.